The van der Waals surface area contributed by atoms with E-state index in [1.165, 1.54) is 11.1 Å². The van der Waals surface area contributed by atoms with E-state index in [4.69, 9.17) is 0 Å². The molecule has 1 aliphatic heterocycles. The van der Waals surface area contributed by atoms with Gasteiger partial charge in [-0.05, 0) is 23.6 Å². The Hall–Kier alpha value is -1.74. The van der Waals surface area contributed by atoms with Gasteiger partial charge in [0.25, 0.3) is 0 Å². The Labute approximate surface area is 124 Å². The van der Waals surface area contributed by atoms with Crippen molar-refractivity contribution in [2.24, 2.45) is 4.99 Å². The number of amidine groups is 1. The van der Waals surface area contributed by atoms with Crippen LogP contribution in [0.3, 0.4) is 0 Å². The topological polar surface area (TPSA) is 24.4 Å². The highest BCUT2D eigenvalue weighted by Crippen LogP contribution is 2.25. The number of aliphatic imine (C=N–C) groups is 1. The molecule has 2 aromatic carbocycles. The number of para-hydroxylation sites is 1. The summed E-state index contributed by atoms with van der Waals surface area (Å²) in [7, 11) is 0. The van der Waals surface area contributed by atoms with Gasteiger partial charge in [0.1, 0.15) is 0 Å². The summed E-state index contributed by atoms with van der Waals surface area (Å²) in [5.74, 6) is 0. The van der Waals surface area contributed by atoms with Crippen molar-refractivity contribution in [2.45, 2.75) is 18.6 Å². The first-order valence-electron chi connectivity index (χ1n) is 6.91. The van der Waals surface area contributed by atoms with Crippen molar-refractivity contribution < 1.29 is 0 Å². The molecule has 2 nitrogen and oxygen atoms in total. The summed E-state index contributed by atoms with van der Waals surface area (Å²) in [6.45, 7) is 3.12. The molecule has 0 amide bonds. The molecule has 1 atom stereocenters. The van der Waals surface area contributed by atoms with Crippen LogP contribution >= 0.6 is 11.8 Å². The number of anilines is 1. The number of benzene rings is 2. The van der Waals surface area contributed by atoms with Gasteiger partial charge in [-0.1, -0.05) is 67.2 Å². The predicted octanol–water partition coefficient (Wildman–Crippen LogP) is 4.18. The Balaban J connectivity index is 1.78. The minimum Gasteiger partial charge on any atom is -0.335 e. The van der Waals surface area contributed by atoms with E-state index in [1.54, 1.807) is 0 Å². The van der Waals surface area contributed by atoms with Crippen LogP contribution in [0.1, 0.15) is 18.1 Å². The van der Waals surface area contributed by atoms with Crippen molar-refractivity contribution in [2.75, 3.05) is 11.9 Å². The molecule has 1 aliphatic rings. The molecule has 20 heavy (non-hydrogen) atoms. The van der Waals surface area contributed by atoms with E-state index in [2.05, 4.69) is 71.8 Å². The number of nitrogens with zero attached hydrogens (tertiary/aromatic N) is 1. The lowest BCUT2D eigenvalue weighted by molar-refractivity contribution is 0.976. The summed E-state index contributed by atoms with van der Waals surface area (Å²) in [4.78, 5) is 4.53. The first-order chi connectivity index (χ1) is 9.81. The molecule has 0 saturated carbocycles. The van der Waals surface area contributed by atoms with Crippen LogP contribution in [0.15, 0.2) is 59.6 Å². The van der Waals surface area contributed by atoms with E-state index in [0.29, 0.717) is 5.25 Å². The normalized spacial score (nSPS) is 17.9. The predicted molar refractivity (Wildman–Crippen MR) is 88.7 cm³/mol. The van der Waals surface area contributed by atoms with E-state index in [9.17, 15) is 0 Å². The maximum Gasteiger partial charge on any atom is 0.161 e. The van der Waals surface area contributed by atoms with Gasteiger partial charge in [-0.3, -0.25) is 4.99 Å². The molecule has 0 spiro atoms. The summed E-state index contributed by atoms with van der Waals surface area (Å²) >= 11 is 1.81. The van der Waals surface area contributed by atoms with Crippen molar-refractivity contribution in [1.29, 1.82) is 0 Å². The third-order valence-electron chi connectivity index (χ3n) is 3.30. The molecule has 0 aliphatic carbocycles. The van der Waals surface area contributed by atoms with Gasteiger partial charge in [-0.25, -0.2) is 0 Å². The zero-order valence-corrected chi connectivity index (χ0v) is 12.4. The highest BCUT2D eigenvalue weighted by Gasteiger charge is 2.15. The smallest absolute Gasteiger partial charge is 0.161 e. The maximum atomic E-state index is 4.53. The second kappa shape index (κ2) is 6.14. The van der Waals surface area contributed by atoms with E-state index in [1.807, 2.05) is 11.8 Å². The van der Waals surface area contributed by atoms with Crippen LogP contribution in [0.4, 0.5) is 5.69 Å². The van der Waals surface area contributed by atoms with Crippen LogP contribution in [0.2, 0.25) is 0 Å². The van der Waals surface area contributed by atoms with Gasteiger partial charge in [0.15, 0.2) is 5.17 Å². The third kappa shape index (κ3) is 3.23. The van der Waals surface area contributed by atoms with Crippen LogP contribution in [0.5, 0.6) is 0 Å². The lowest BCUT2D eigenvalue weighted by Gasteiger charge is -2.12. The minimum absolute atomic E-state index is 0.582. The van der Waals surface area contributed by atoms with Crippen LogP contribution in [-0.2, 0) is 6.42 Å². The highest BCUT2D eigenvalue weighted by molar-refractivity contribution is 8.15. The molecular formula is C17H18N2S. The van der Waals surface area contributed by atoms with Crippen molar-refractivity contribution in [3.05, 3.63) is 65.7 Å². The quantitative estimate of drug-likeness (QED) is 0.913. The van der Waals surface area contributed by atoms with Crippen LogP contribution in [0.25, 0.3) is 0 Å². The van der Waals surface area contributed by atoms with E-state index in [0.717, 1.165) is 23.8 Å². The van der Waals surface area contributed by atoms with Gasteiger partial charge in [0.2, 0.25) is 0 Å². The summed E-state index contributed by atoms with van der Waals surface area (Å²) in [5, 5.41) is 5.10. The molecular weight excluding hydrogens is 264 g/mol. The molecule has 3 rings (SSSR count). The zero-order chi connectivity index (χ0) is 13.8. The maximum absolute atomic E-state index is 4.53. The highest BCUT2D eigenvalue weighted by atomic mass is 32.2. The fourth-order valence-electron chi connectivity index (χ4n) is 2.27. The molecule has 1 unspecified atom stereocenters. The molecule has 1 heterocycles. The van der Waals surface area contributed by atoms with Crippen LogP contribution < -0.4 is 5.32 Å². The molecule has 0 bridgehead atoms. The first-order valence-corrected chi connectivity index (χ1v) is 7.79. The van der Waals surface area contributed by atoms with Gasteiger partial charge < -0.3 is 5.32 Å². The zero-order valence-electron chi connectivity index (χ0n) is 11.5. The summed E-state index contributed by atoms with van der Waals surface area (Å²) < 4.78 is 0. The Morgan fingerprint density at radius 1 is 1.10 bits per heavy atom. The number of hydrogen-bond donors (Lipinski definition) is 1. The Kier molecular flexibility index (Phi) is 4.07. The van der Waals surface area contributed by atoms with Crippen molar-refractivity contribution in [1.82, 2.24) is 0 Å². The number of rotatable bonds is 3. The number of thioether (sulfide) groups is 1. The van der Waals surface area contributed by atoms with Gasteiger partial charge in [0, 0.05) is 10.9 Å². The van der Waals surface area contributed by atoms with E-state index in [-0.39, 0.29) is 0 Å². The second-order valence-corrected chi connectivity index (χ2v) is 6.45. The Morgan fingerprint density at radius 3 is 2.60 bits per heavy atom. The third-order valence-corrected chi connectivity index (χ3v) is 4.31. The molecule has 2 aromatic rings. The second-order valence-electron chi connectivity index (χ2n) is 5.02. The number of hydrogen-bond acceptors (Lipinski definition) is 3. The first kappa shape index (κ1) is 13.3. The van der Waals surface area contributed by atoms with Crippen molar-refractivity contribution in [3.63, 3.8) is 0 Å². The monoisotopic (exact) mass is 282 g/mol. The fourth-order valence-corrected chi connectivity index (χ4v) is 3.12. The molecule has 0 radical (unpaired) electrons. The number of nitrogens with one attached hydrogen (secondary N) is 1. The van der Waals surface area contributed by atoms with Crippen LogP contribution in [-0.4, -0.2) is 17.0 Å². The van der Waals surface area contributed by atoms with Gasteiger partial charge in [0.05, 0.1) is 6.54 Å². The summed E-state index contributed by atoms with van der Waals surface area (Å²) in [5.41, 5.74) is 3.80. The lowest BCUT2D eigenvalue weighted by Crippen LogP contribution is -2.08. The van der Waals surface area contributed by atoms with Crippen molar-refractivity contribution in [3.8, 4) is 0 Å². The fraction of sp³-hybridized carbons (Fsp3) is 0.235. The Morgan fingerprint density at radius 2 is 1.85 bits per heavy atom. The largest absolute Gasteiger partial charge is 0.335 e. The lowest BCUT2D eigenvalue weighted by atomic mass is 10.0. The van der Waals surface area contributed by atoms with E-state index >= 15 is 0 Å². The summed E-state index contributed by atoms with van der Waals surface area (Å²) in [6, 6.07) is 19.0. The molecule has 3 heteroatoms. The molecule has 1 N–H and O–H groups in total. The Bertz CT molecular complexity index is 607. The molecule has 0 saturated heterocycles. The molecule has 102 valence electrons. The van der Waals surface area contributed by atoms with Gasteiger partial charge in [-0.15, -0.1) is 0 Å². The standard InChI is InChI=1S/C17H18N2S/c1-13-12-18-17(20-13)19-16-10-6-5-9-15(16)11-14-7-3-2-4-8-14/h2-10,13H,11-12H2,1H3,(H,18,19). The van der Waals surface area contributed by atoms with Gasteiger partial charge in [-0.2, -0.15) is 0 Å². The van der Waals surface area contributed by atoms with Gasteiger partial charge >= 0.3 is 0 Å². The minimum atomic E-state index is 0.582. The molecule has 0 fully saturated rings. The molecule has 0 aromatic heterocycles. The van der Waals surface area contributed by atoms with Crippen LogP contribution in [0, 0.1) is 0 Å². The SMILES string of the molecule is CC1CN=C(Nc2ccccc2Cc2ccccc2)S1. The average Bonchev–Trinajstić information content (AvgIpc) is 2.88. The summed E-state index contributed by atoms with van der Waals surface area (Å²) in [6.07, 6.45) is 0.942. The van der Waals surface area contributed by atoms with Crippen molar-refractivity contribution >= 4 is 22.6 Å². The van der Waals surface area contributed by atoms with E-state index < -0.39 is 0 Å². The average molecular weight is 282 g/mol.